The van der Waals surface area contributed by atoms with Crippen LogP contribution in [-0.2, 0) is 4.74 Å². The third-order valence-corrected chi connectivity index (χ3v) is 6.29. The molecule has 2 saturated heterocycles. The SMILES string of the molecule is CC(C)c1cnn2c(NCC3C[C@H]4CC[C@@H](C3)N4C(=O)OC(C)(C)C)cc(Cl)nc12. The van der Waals surface area contributed by atoms with Gasteiger partial charge in [0, 0.05) is 30.3 Å². The van der Waals surface area contributed by atoms with E-state index in [1.807, 2.05) is 42.4 Å². The van der Waals surface area contributed by atoms with Gasteiger partial charge in [0.15, 0.2) is 5.65 Å². The first-order valence-corrected chi connectivity index (χ1v) is 11.3. The molecule has 0 aliphatic carbocycles. The van der Waals surface area contributed by atoms with Crippen LogP contribution in [0.15, 0.2) is 12.3 Å². The first kappa shape index (κ1) is 21.2. The van der Waals surface area contributed by atoms with Gasteiger partial charge >= 0.3 is 6.09 Å². The Morgan fingerprint density at radius 1 is 1.30 bits per heavy atom. The number of amides is 1. The topological polar surface area (TPSA) is 71.8 Å². The molecule has 4 rings (SSSR count). The van der Waals surface area contributed by atoms with Gasteiger partial charge in [0.2, 0.25) is 0 Å². The van der Waals surface area contributed by atoms with Crippen molar-refractivity contribution >= 4 is 29.2 Å². The van der Waals surface area contributed by atoms with E-state index in [-0.39, 0.29) is 18.2 Å². The molecule has 8 heteroatoms. The van der Waals surface area contributed by atoms with E-state index in [0.717, 1.165) is 49.3 Å². The summed E-state index contributed by atoms with van der Waals surface area (Å²) in [6, 6.07) is 2.36. The Bertz CT molecular complexity index is 921. The van der Waals surface area contributed by atoms with Gasteiger partial charge in [-0.3, -0.25) is 0 Å². The zero-order valence-corrected chi connectivity index (χ0v) is 19.2. The van der Waals surface area contributed by atoms with Crippen LogP contribution in [0.3, 0.4) is 0 Å². The Kier molecular flexibility index (Phi) is 5.60. The molecule has 0 aromatic carbocycles. The van der Waals surface area contributed by atoms with Gasteiger partial charge in [0.25, 0.3) is 0 Å². The van der Waals surface area contributed by atoms with Crippen molar-refractivity contribution in [3.63, 3.8) is 0 Å². The summed E-state index contributed by atoms with van der Waals surface area (Å²) in [4.78, 5) is 19.1. The summed E-state index contributed by atoms with van der Waals surface area (Å²) < 4.78 is 7.48. The Hall–Kier alpha value is -2.02. The van der Waals surface area contributed by atoms with E-state index < -0.39 is 5.60 Å². The maximum atomic E-state index is 12.7. The fourth-order valence-corrected chi connectivity index (χ4v) is 4.98. The monoisotopic (exact) mass is 433 g/mol. The Morgan fingerprint density at radius 2 is 1.97 bits per heavy atom. The van der Waals surface area contributed by atoms with Gasteiger partial charge in [-0.15, -0.1) is 0 Å². The van der Waals surface area contributed by atoms with Gasteiger partial charge in [-0.05, 0) is 58.3 Å². The largest absolute Gasteiger partial charge is 0.444 e. The number of aromatic nitrogens is 3. The fraction of sp³-hybridized carbons (Fsp3) is 0.682. The third-order valence-electron chi connectivity index (χ3n) is 6.10. The van der Waals surface area contributed by atoms with Crippen molar-refractivity contribution < 1.29 is 9.53 Å². The lowest BCUT2D eigenvalue weighted by Gasteiger charge is -2.39. The van der Waals surface area contributed by atoms with Crippen molar-refractivity contribution in [2.75, 3.05) is 11.9 Å². The number of fused-ring (bicyclic) bond motifs is 3. The van der Waals surface area contributed by atoms with Crippen molar-refractivity contribution in [1.82, 2.24) is 19.5 Å². The molecule has 7 nitrogen and oxygen atoms in total. The average molecular weight is 434 g/mol. The summed E-state index contributed by atoms with van der Waals surface area (Å²) in [5, 5.41) is 8.53. The summed E-state index contributed by atoms with van der Waals surface area (Å²) in [6.07, 6.45) is 5.79. The van der Waals surface area contributed by atoms with Gasteiger partial charge in [-0.1, -0.05) is 25.4 Å². The molecule has 2 aromatic heterocycles. The molecule has 2 aliphatic heterocycles. The molecule has 2 bridgehead atoms. The molecule has 3 atom stereocenters. The number of piperidine rings is 1. The zero-order chi connectivity index (χ0) is 21.6. The summed E-state index contributed by atoms with van der Waals surface area (Å²) in [7, 11) is 0. The van der Waals surface area contributed by atoms with E-state index in [4.69, 9.17) is 16.3 Å². The van der Waals surface area contributed by atoms with E-state index in [9.17, 15) is 4.79 Å². The minimum Gasteiger partial charge on any atom is -0.444 e. The van der Waals surface area contributed by atoms with Crippen LogP contribution in [0.25, 0.3) is 5.65 Å². The van der Waals surface area contributed by atoms with Crippen LogP contribution in [0.2, 0.25) is 5.15 Å². The van der Waals surface area contributed by atoms with Gasteiger partial charge in [-0.25, -0.2) is 9.78 Å². The molecule has 0 spiro atoms. The van der Waals surface area contributed by atoms with Gasteiger partial charge < -0.3 is 15.0 Å². The number of nitrogens with zero attached hydrogens (tertiary/aromatic N) is 4. The average Bonchev–Trinajstić information content (AvgIpc) is 3.17. The predicted octanol–water partition coefficient (Wildman–Crippen LogP) is 5.10. The number of anilines is 1. The normalized spacial score (nSPS) is 24.0. The van der Waals surface area contributed by atoms with Crippen LogP contribution in [-0.4, -0.2) is 49.8 Å². The number of nitrogens with one attached hydrogen (secondary N) is 1. The lowest BCUT2D eigenvalue weighted by atomic mass is 9.91. The standard InChI is InChI=1S/C22H32ClN5O2/c1-13(2)17-12-25-28-19(10-18(23)26-20(17)28)24-11-14-8-15-6-7-16(9-14)27(15)21(29)30-22(3,4)5/h10,12-16,24H,6-9,11H2,1-5H3/t14?,15-,16+. The minimum atomic E-state index is -0.459. The summed E-state index contributed by atoms with van der Waals surface area (Å²) in [6.45, 7) is 10.8. The molecule has 2 aliphatic rings. The highest BCUT2D eigenvalue weighted by Crippen LogP contribution is 2.39. The van der Waals surface area contributed by atoms with Crippen LogP contribution in [0.5, 0.6) is 0 Å². The first-order chi connectivity index (χ1) is 14.1. The summed E-state index contributed by atoms with van der Waals surface area (Å²) in [5.41, 5.74) is 1.43. The van der Waals surface area contributed by atoms with Gasteiger partial charge in [-0.2, -0.15) is 9.61 Å². The van der Waals surface area contributed by atoms with Crippen LogP contribution >= 0.6 is 11.6 Å². The molecular weight excluding hydrogens is 402 g/mol. The van der Waals surface area contributed by atoms with Crippen molar-refractivity contribution in [2.24, 2.45) is 5.92 Å². The molecule has 1 amide bonds. The second-order valence-corrected chi connectivity index (χ2v) is 10.3. The maximum absolute atomic E-state index is 12.7. The Labute approximate surface area is 183 Å². The molecule has 4 heterocycles. The van der Waals surface area contributed by atoms with Crippen LogP contribution in [0.4, 0.5) is 10.6 Å². The van der Waals surface area contributed by atoms with Crippen molar-refractivity contribution in [3.8, 4) is 0 Å². The van der Waals surface area contributed by atoms with Crippen molar-refractivity contribution in [1.29, 1.82) is 0 Å². The van der Waals surface area contributed by atoms with Crippen LogP contribution < -0.4 is 5.32 Å². The Balaban J connectivity index is 1.44. The van der Waals surface area contributed by atoms with E-state index in [0.29, 0.717) is 17.0 Å². The predicted molar refractivity (Wildman–Crippen MR) is 118 cm³/mol. The highest BCUT2D eigenvalue weighted by molar-refractivity contribution is 6.29. The third kappa shape index (κ3) is 4.22. The molecule has 2 aromatic rings. The number of rotatable bonds is 4. The van der Waals surface area contributed by atoms with Crippen molar-refractivity contribution in [2.45, 2.75) is 83.9 Å². The lowest BCUT2D eigenvalue weighted by Crippen LogP contribution is -2.49. The van der Waals surface area contributed by atoms with Gasteiger partial charge in [0.05, 0.1) is 6.20 Å². The number of ether oxygens (including phenoxy) is 1. The molecule has 2 fully saturated rings. The molecule has 0 saturated carbocycles. The number of halogens is 1. The summed E-state index contributed by atoms with van der Waals surface area (Å²) >= 11 is 6.29. The number of hydrogen-bond acceptors (Lipinski definition) is 5. The minimum absolute atomic E-state index is 0.165. The van der Waals surface area contributed by atoms with E-state index in [1.54, 1.807) is 0 Å². The molecular formula is C22H32ClN5O2. The van der Waals surface area contributed by atoms with E-state index in [2.05, 4.69) is 29.2 Å². The Morgan fingerprint density at radius 3 is 2.57 bits per heavy atom. The number of hydrogen-bond donors (Lipinski definition) is 1. The lowest BCUT2D eigenvalue weighted by molar-refractivity contribution is 0.00283. The zero-order valence-electron chi connectivity index (χ0n) is 18.5. The highest BCUT2D eigenvalue weighted by atomic mass is 35.5. The molecule has 1 N–H and O–H groups in total. The van der Waals surface area contributed by atoms with Crippen LogP contribution in [0.1, 0.15) is 71.8 Å². The van der Waals surface area contributed by atoms with Crippen molar-refractivity contribution in [3.05, 3.63) is 23.0 Å². The molecule has 1 unspecified atom stereocenters. The number of carbonyl (C=O) groups excluding carboxylic acids is 1. The summed E-state index contributed by atoms with van der Waals surface area (Å²) in [5.74, 6) is 1.68. The fourth-order valence-electron chi connectivity index (χ4n) is 4.80. The molecule has 0 radical (unpaired) electrons. The molecule has 30 heavy (non-hydrogen) atoms. The first-order valence-electron chi connectivity index (χ1n) is 10.9. The smallest absolute Gasteiger partial charge is 0.410 e. The highest BCUT2D eigenvalue weighted by Gasteiger charge is 2.44. The van der Waals surface area contributed by atoms with Gasteiger partial charge in [0.1, 0.15) is 16.6 Å². The maximum Gasteiger partial charge on any atom is 0.410 e. The second kappa shape index (κ2) is 7.91. The van der Waals surface area contributed by atoms with Crippen LogP contribution in [0, 0.1) is 5.92 Å². The number of carbonyl (C=O) groups is 1. The molecule has 164 valence electrons. The second-order valence-electron chi connectivity index (χ2n) is 9.95. The quantitative estimate of drug-likeness (QED) is 0.679. The van der Waals surface area contributed by atoms with E-state index >= 15 is 0 Å². The van der Waals surface area contributed by atoms with E-state index in [1.165, 1.54) is 0 Å².